The van der Waals surface area contributed by atoms with Crippen LogP contribution in [0.1, 0.15) is 21.6 Å². The lowest BCUT2D eigenvalue weighted by molar-refractivity contribution is 0.102. The Hall–Kier alpha value is -4.17. The fraction of sp³-hybridized carbons (Fsp3) is 0.0800. The van der Waals surface area contributed by atoms with Crippen LogP contribution in [0.2, 0.25) is 0 Å². The van der Waals surface area contributed by atoms with Crippen LogP contribution in [0.15, 0.2) is 77.3 Å². The molecule has 2 aromatic carbocycles. The number of carbonyl (C=O) groups is 1. The third-order valence-electron chi connectivity index (χ3n) is 5.11. The van der Waals surface area contributed by atoms with Crippen molar-refractivity contribution >= 4 is 22.4 Å². The number of aryl methyl sites for hydroxylation is 2. The third-order valence-corrected chi connectivity index (χ3v) is 6.20. The largest absolute Gasteiger partial charge is 0.416 e. The van der Waals surface area contributed by atoms with Gasteiger partial charge >= 0.3 is 0 Å². The molecule has 5 rings (SSSR count). The van der Waals surface area contributed by atoms with Gasteiger partial charge in [-0.3, -0.25) is 15.1 Å². The topological polar surface area (TPSA) is 93.8 Å². The summed E-state index contributed by atoms with van der Waals surface area (Å²) in [6.07, 6.45) is 1.74. The maximum Gasteiger partial charge on any atom is 0.257 e. The Balaban J connectivity index is 1.31. The average Bonchev–Trinajstić information content (AvgIpc) is 3.47. The van der Waals surface area contributed by atoms with Gasteiger partial charge in [0.1, 0.15) is 0 Å². The molecule has 0 fully saturated rings. The minimum Gasteiger partial charge on any atom is -0.416 e. The molecule has 3 heterocycles. The lowest BCUT2D eigenvalue weighted by Crippen LogP contribution is -2.11. The molecule has 8 heteroatoms. The van der Waals surface area contributed by atoms with Crippen molar-refractivity contribution in [1.82, 2.24) is 20.2 Å². The van der Waals surface area contributed by atoms with Crippen LogP contribution in [0.25, 0.3) is 33.5 Å². The van der Waals surface area contributed by atoms with E-state index in [1.807, 2.05) is 56.3 Å². The second-order valence-corrected chi connectivity index (χ2v) is 8.41. The highest BCUT2D eigenvalue weighted by molar-refractivity contribution is 7.19. The van der Waals surface area contributed by atoms with E-state index in [2.05, 4.69) is 25.5 Å². The van der Waals surface area contributed by atoms with Crippen molar-refractivity contribution < 1.29 is 9.21 Å². The monoisotopic (exact) mass is 453 g/mol. The zero-order chi connectivity index (χ0) is 22.8. The number of rotatable bonds is 5. The van der Waals surface area contributed by atoms with Crippen LogP contribution >= 0.6 is 11.3 Å². The van der Waals surface area contributed by atoms with Crippen molar-refractivity contribution in [2.45, 2.75) is 13.8 Å². The van der Waals surface area contributed by atoms with Gasteiger partial charge < -0.3 is 4.42 Å². The Bertz CT molecular complexity index is 1420. The zero-order valence-corrected chi connectivity index (χ0v) is 18.8. The standard InChI is InChI=1S/C25H19N5O2S/c1-15-7-3-4-8-19(15)24-30-29-23(32-24)18-12-10-17(11-13-18)22(31)28-25-27-16(2)21(33-25)20-9-5-6-14-26-20/h3-14H,1-2H3,(H,27,28,31). The molecule has 5 aromatic rings. The molecule has 0 saturated heterocycles. The summed E-state index contributed by atoms with van der Waals surface area (Å²) in [5.74, 6) is 0.623. The second kappa shape index (κ2) is 8.76. The Morgan fingerprint density at radius 1 is 0.909 bits per heavy atom. The number of nitrogens with zero attached hydrogens (tertiary/aromatic N) is 4. The van der Waals surface area contributed by atoms with Crippen LogP contribution in [-0.4, -0.2) is 26.1 Å². The molecule has 0 aliphatic carbocycles. The van der Waals surface area contributed by atoms with Crippen LogP contribution in [-0.2, 0) is 0 Å². The van der Waals surface area contributed by atoms with E-state index < -0.39 is 0 Å². The van der Waals surface area contributed by atoms with E-state index in [0.717, 1.165) is 33.0 Å². The first-order valence-electron chi connectivity index (χ1n) is 10.3. The van der Waals surface area contributed by atoms with E-state index >= 15 is 0 Å². The van der Waals surface area contributed by atoms with E-state index in [9.17, 15) is 4.79 Å². The Kier molecular flexibility index (Phi) is 5.50. The van der Waals surface area contributed by atoms with E-state index in [4.69, 9.17) is 4.42 Å². The van der Waals surface area contributed by atoms with Crippen LogP contribution in [0.5, 0.6) is 0 Å². The smallest absolute Gasteiger partial charge is 0.257 e. The predicted molar refractivity (Wildman–Crippen MR) is 128 cm³/mol. The summed E-state index contributed by atoms with van der Waals surface area (Å²) in [5, 5.41) is 11.7. The van der Waals surface area contributed by atoms with Gasteiger partial charge in [-0.1, -0.05) is 35.6 Å². The second-order valence-electron chi connectivity index (χ2n) is 7.41. The number of aromatic nitrogens is 4. The molecule has 3 aromatic heterocycles. The van der Waals surface area contributed by atoms with Gasteiger partial charge in [-0.25, -0.2) is 4.98 Å². The first-order valence-corrected chi connectivity index (χ1v) is 11.1. The molecule has 7 nitrogen and oxygen atoms in total. The molecule has 0 radical (unpaired) electrons. The lowest BCUT2D eigenvalue weighted by Gasteiger charge is -2.02. The van der Waals surface area contributed by atoms with Crippen LogP contribution < -0.4 is 5.32 Å². The molecule has 33 heavy (non-hydrogen) atoms. The molecular formula is C25H19N5O2S. The summed E-state index contributed by atoms with van der Waals surface area (Å²) in [6.45, 7) is 3.90. The minimum absolute atomic E-state index is 0.242. The van der Waals surface area contributed by atoms with Gasteiger partial charge in [0.05, 0.1) is 16.3 Å². The number of carbonyl (C=O) groups excluding carboxylic acids is 1. The number of hydrogen-bond acceptors (Lipinski definition) is 7. The van der Waals surface area contributed by atoms with Crippen molar-refractivity contribution in [3.8, 4) is 33.5 Å². The van der Waals surface area contributed by atoms with Crippen LogP contribution in [0.4, 0.5) is 5.13 Å². The Morgan fingerprint density at radius 3 is 2.42 bits per heavy atom. The summed E-state index contributed by atoms with van der Waals surface area (Å²) >= 11 is 1.40. The molecule has 0 spiro atoms. The number of thiazole rings is 1. The first-order chi connectivity index (χ1) is 16.1. The van der Waals surface area contributed by atoms with Gasteiger partial charge in [-0.15, -0.1) is 10.2 Å². The number of anilines is 1. The van der Waals surface area contributed by atoms with Crippen LogP contribution in [0.3, 0.4) is 0 Å². The van der Waals surface area contributed by atoms with E-state index in [0.29, 0.717) is 22.5 Å². The highest BCUT2D eigenvalue weighted by Crippen LogP contribution is 2.31. The Morgan fingerprint density at radius 2 is 1.67 bits per heavy atom. The summed E-state index contributed by atoms with van der Waals surface area (Å²) in [4.78, 5) is 22.5. The number of amides is 1. The van der Waals surface area contributed by atoms with Crippen molar-refractivity contribution in [2.75, 3.05) is 5.32 Å². The third kappa shape index (κ3) is 4.28. The average molecular weight is 454 g/mol. The number of benzene rings is 2. The van der Waals surface area contributed by atoms with Gasteiger partial charge in [0, 0.05) is 22.9 Å². The molecule has 0 atom stereocenters. The number of pyridine rings is 1. The molecule has 0 bridgehead atoms. The first kappa shape index (κ1) is 20.7. The maximum atomic E-state index is 12.7. The molecule has 0 aliphatic rings. The lowest BCUT2D eigenvalue weighted by atomic mass is 10.1. The van der Waals surface area contributed by atoms with E-state index in [1.165, 1.54) is 11.3 Å². The molecule has 0 saturated carbocycles. The number of nitrogens with one attached hydrogen (secondary N) is 1. The van der Waals surface area contributed by atoms with Crippen LogP contribution in [0, 0.1) is 13.8 Å². The molecular weight excluding hydrogens is 434 g/mol. The maximum absolute atomic E-state index is 12.7. The molecule has 1 N–H and O–H groups in total. The fourth-order valence-corrected chi connectivity index (χ4v) is 4.32. The summed E-state index contributed by atoms with van der Waals surface area (Å²) < 4.78 is 5.85. The molecule has 0 aliphatic heterocycles. The molecule has 162 valence electrons. The highest BCUT2D eigenvalue weighted by atomic mass is 32.1. The quantitative estimate of drug-likeness (QED) is 0.362. The normalized spacial score (nSPS) is 10.8. The zero-order valence-electron chi connectivity index (χ0n) is 17.9. The van der Waals surface area contributed by atoms with Gasteiger partial charge in [-0.2, -0.15) is 0 Å². The van der Waals surface area contributed by atoms with E-state index in [1.54, 1.807) is 30.5 Å². The molecule has 0 unspecified atom stereocenters. The number of hydrogen-bond donors (Lipinski definition) is 1. The van der Waals surface area contributed by atoms with Crippen molar-refractivity contribution in [1.29, 1.82) is 0 Å². The van der Waals surface area contributed by atoms with Crippen molar-refractivity contribution in [3.63, 3.8) is 0 Å². The highest BCUT2D eigenvalue weighted by Gasteiger charge is 2.15. The van der Waals surface area contributed by atoms with Gasteiger partial charge in [0.15, 0.2) is 5.13 Å². The SMILES string of the molecule is Cc1ccccc1-c1nnc(-c2ccc(C(=O)Nc3nc(C)c(-c4ccccn4)s3)cc2)o1. The fourth-order valence-electron chi connectivity index (χ4n) is 3.38. The summed E-state index contributed by atoms with van der Waals surface area (Å²) in [7, 11) is 0. The van der Waals surface area contributed by atoms with E-state index in [-0.39, 0.29) is 5.91 Å². The Labute approximate surface area is 194 Å². The predicted octanol–water partition coefficient (Wildman–Crippen LogP) is 5.79. The summed E-state index contributed by atoms with van der Waals surface area (Å²) in [5.41, 5.74) is 4.86. The van der Waals surface area contributed by atoms with Crippen molar-refractivity contribution in [3.05, 3.63) is 89.7 Å². The minimum atomic E-state index is -0.242. The van der Waals surface area contributed by atoms with Gasteiger partial charge in [0.2, 0.25) is 11.8 Å². The summed E-state index contributed by atoms with van der Waals surface area (Å²) in [6, 6.07) is 20.6. The molecule has 1 amide bonds. The van der Waals surface area contributed by atoms with Gasteiger partial charge in [0.25, 0.3) is 5.91 Å². The van der Waals surface area contributed by atoms with Gasteiger partial charge in [-0.05, 0) is 61.9 Å². The van der Waals surface area contributed by atoms with Crippen molar-refractivity contribution in [2.24, 2.45) is 0 Å².